The Morgan fingerprint density at radius 2 is 1.31 bits per heavy atom. The molecular weight excluding hydrogens is 465 g/mol. The van der Waals surface area contributed by atoms with Crippen molar-refractivity contribution in [3.63, 3.8) is 0 Å². The van der Waals surface area contributed by atoms with Crippen molar-refractivity contribution < 1.29 is 25.2 Å². The number of rotatable bonds is 12. The SMILES string of the molecule is CCCCCCCCCCCC[S+]1CCCC1c1ccc(C)cc1C.F[P-](F)(F)(F)(F)F. The Morgan fingerprint density at radius 1 is 0.812 bits per heavy atom. The predicted molar refractivity (Wildman–Crippen MR) is 130 cm³/mol. The van der Waals surface area contributed by atoms with E-state index in [-0.39, 0.29) is 0 Å². The molecule has 1 aliphatic rings. The van der Waals surface area contributed by atoms with Gasteiger partial charge in [-0.05, 0) is 49.6 Å². The fraction of sp³-hybridized carbons (Fsp3) is 0.750. The van der Waals surface area contributed by atoms with Gasteiger partial charge in [0.2, 0.25) is 0 Å². The van der Waals surface area contributed by atoms with E-state index in [1.165, 1.54) is 99.7 Å². The topological polar surface area (TPSA) is 0 Å². The average Bonchev–Trinajstić information content (AvgIpc) is 3.09. The summed E-state index contributed by atoms with van der Waals surface area (Å²) in [6, 6.07) is 7.14. The fourth-order valence-electron chi connectivity index (χ4n) is 4.30. The molecule has 1 aromatic carbocycles. The maximum absolute atomic E-state index is 10.7. The van der Waals surface area contributed by atoms with Crippen LogP contribution in [0.15, 0.2) is 18.2 Å². The maximum atomic E-state index is 9.87. The van der Waals surface area contributed by atoms with Crippen LogP contribution in [0.4, 0.5) is 25.2 Å². The van der Waals surface area contributed by atoms with Crippen molar-refractivity contribution >= 4 is 18.7 Å². The van der Waals surface area contributed by atoms with Gasteiger partial charge in [-0.3, -0.25) is 0 Å². The van der Waals surface area contributed by atoms with E-state index in [2.05, 4.69) is 39.0 Å². The molecule has 8 heteroatoms. The first kappa shape index (κ1) is 29.6. The summed E-state index contributed by atoms with van der Waals surface area (Å²) in [5.41, 5.74) is 4.61. The molecule has 0 amide bonds. The van der Waals surface area contributed by atoms with Crippen molar-refractivity contribution in [3.8, 4) is 0 Å². The van der Waals surface area contributed by atoms with E-state index in [9.17, 15) is 25.2 Å². The Balaban J connectivity index is 0.000000633. The van der Waals surface area contributed by atoms with Crippen LogP contribution < -0.4 is 0 Å². The van der Waals surface area contributed by atoms with E-state index < -0.39 is 7.81 Å². The monoisotopic (exact) mass is 506 g/mol. The van der Waals surface area contributed by atoms with Gasteiger partial charge < -0.3 is 0 Å². The first-order valence-corrected chi connectivity index (χ1v) is 15.6. The minimum atomic E-state index is -10.7. The number of aryl methyl sites for hydroxylation is 2. The first-order valence-electron chi connectivity index (χ1n) is 12.0. The number of halogens is 6. The van der Waals surface area contributed by atoms with Gasteiger partial charge in [-0.1, -0.05) is 82.1 Å². The van der Waals surface area contributed by atoms with E-state index in [1.807, 2.05) is 0 Å². The van der Waals surface area contributed by atoms with Crippen LogP contribution in [0.2, 0.25) is 0 Å². The molecule has 0 spiro atoms. The van der Waals surface area contributed by atoms with Crippen LogP contribution in [-0.2, 0) is 10.9 Å². The summed E-state index contributed by atoms with van der Waals surface area (Å²) in [6.45, 7) is 6.84. The second kappa shape index (κ2) is 12.3. The van der Waals surface area contributed by atoms with Crippen molar-refractivity contribution in [2.75, 3.05) is 11.5 Å². The van der Waals surface area contributed by atoms with E-state index in [0.717, 1.165) is 5.25 Å². The summed E-state index contributed by atoms with van der Waals surface area (Å²) in [6.07, 6.45) is 17.4. The van der Waals surface area contributed by atoms with Crippen LogP contribution in [0.25, 0.3) is 0 Å². The van der Waals surface area contributed by atoms with E-state index in [0.29, 0.717) is 10.9 Å². The molecule has 0 bridgehead atoms. The molecule has 1 aliphatic heterocycles. The standard InChI is InChI=1S/C24H41S.F6P/c1-4-5-6-7-8-9-10-11-12-13-18-25-19-14-15-24(25)23-17-16-21(2)20-22(23)3;1-7(2,3,4,5)6/h16-17,20,24H,4-15,18-19H2,1-3H3;/q+1;-1. The summed E-state index contributed by atoms with van der Waals surface area (Å²) in [4.78, 5) is 0. The molecule has 2 unspecified atom stereocenters. The molecule has 32 heavy (non-hydrogen) atoms. The number of hydrogen-bond donors (Lipinski definition) is 0. The third kappa shape index (κ3) is 16.2. The van der Waals surface area contributed by atoms with Crippen LogP contribution in [-0.4, -0.2) is 11.5 Å². The van der Waals surface area contributed by atoms with Crippen LogP contribution >= 0.6 is 7.81 Å². The molecule has 2 rings (SSSR count). The van der Waals surface area contributed by atoms with E-state index in [4.69, 9.17) is 0 Å². The fourth-order valence-corrected chi connectivity index (χ4v) is 7.31. The molecule has 1 saturated heterocycles. The average molecular weight is 507 g/mol. The summed E-state index contributed by atoms with van der Waals surface area (Å²) in [7, 11) is -10.0. The van der Waals surface area contributed by atoms with Crippen molar-refractivity contribution in [1.82, 2.24) is 0 Å². The summed E-state index contributed by atoms with van der Waals surface area (Å²) in [5, 5.41) is 0.874. The second-order valence-corrected chi connectivity index (χ2v) is 13.5. The van der Waals surface area contributed by atoms with Gasteiger partial charge >= 0.3 is 33.0 Å². The molecule has 1 aromatic rings. The summed E-state index contributed by atoms with van der Waals surface area (Å²) < 4.78 is 59.2. The number of unbranched alkanes of at least 4 members (excludes halogenated alkanes) is 9. The summed E-state index contributed by atoms with van der Waals surface area (Å²) in [5.74, 6) is 2.99. The molecule has 1 heterocycles. The molecule has 190 valence electrons. The molecule has 0 saturated carbocycles. The zero-order valence-electron chi connectivity index (χ0n) is 19.8. The van der Waals surface area contributed by atoms with Gasteiger partial charge in [0, 0.05) is 12.0 Å². The molecule has 0 aromatic heterocycles. The van der Waals surface area contributed by atoms with Crippen LogP contribution in [0.1, 0.15) is 106 Å². The molecule has 0 radical (unpaired) electrons. The van der Waals surface area contributed by atoms with Crippen molar-refractivity contribution in [2.24, 2.45) is 0 Å². The third-order valence-corrected chi connectivity index (χ3v) is 8.73. The van der Waals surface area contributed by atoms with Crippen LogP contribution in [0.3, 0.4) is 0 Å². The van der Waals surface area contributed by atoms with Gasteiger partial charge in [0.25, 0.3) is 0 Å². The van der Waals surface area contributed by atoms with Crippen LogP contribution in [0.5, 0.6) is 0 Å². The summed E-state index contributed by atoms with van der Waals surface area (Å²) >= 11 is 0. The first-order chi connectivity index (χ1) is 14.7. The normalized spacial score (nSPS) is 20.9. The second-order valence-electron chi connectivity index (χ2n) is 9.08. The van der Waals surface area contributed by atoms with E-state index >= 15 is 0 Å². The van der Waals surface area contributed by atoms with E-state index in [1.54, 1.807) is 5.56 Å². The molecular formula is C24H41F6PS. The Labute approximate surface area is 193 Å². The minimum absolute atomic E-state index is 0.654. The Hall–Kier alpha value is -0.420. The molecule has 2 atom stereocenters. The Kier molecular flexibility index (Phi) is 11.4. The van der Waals surface area contributed by atoms with Gasteiger partial charge in [0.15, 0.2) is 0 Å². The van der Waals surface area contributed by atoms with Gasteiger partial charge in [0.1, 0.15) is 16.8 Å². The molecule has 0 nitrogen and oxygen atoms in total. The number of hydrogen-bond acceptors (Lipinski definition) is 0. The molecule has 1 fully saturated rings. The third-order valence-electron chi connectivity index (χ3n) is 5.81. The van der Waals surface area contributed by atoms with Crippen LogP contribution in [0, 0.1) is 13.8 Å². The van der Waals surface area contributed by atoms with Crippen molar-refractivity contribution in [2.45, 2.75) is 103 Å². The quantitative estimate of drug-likeness (QED) is 0.114. The van der Waals surface area contributed by atoms with Crippen molar-refractivity contribution in [1.29, 1.82) is 0 Å². The van der Waals surface area contributed by atoms with Gasteiger partial charge in [-0.25, -0.2) is 0 Å². The van der Waals surface area contributed by atoms with Gasteiger partial charge in [0.05, 0.1) is 0 Å². The van der Waals surface area contributed by atoms with Crippen molar-refractivity contribution in [3.05, 3.63) is 34.9 Å². The Bertz CT molecular complexity index is 663. The van der Waals surface area contributed by atoms with Gasteiger partial charge in [-0.15, -0.1) is 0 Å². The van der Waals surface area contributed by atoms with Gasteiger partial charge in [-0.2, -0.15) is 0 Å². The Morgan fingerprint density at radius 3 is 1.81 bits per heavy atom. The number of benzene rings is 1. The zero-order valence-corrected chi connectivity index (χ0v) is 21.5. The molecule has 0 aliphatic carbocycles. The predicted octanol–water partition coefficient (Wildman–Crippen LogP) is 11.1. The molecule has 0 N–H and O–H groups in total. The zero-order chi connectivity index (χ0) is 24.3.